The Morgan fingerprint density at radius 2 is 2.53 bits per heavy atom. The summed E-state index contributed by atoms with van der Waals surface area (Å²) in [6.45, 7) is 1.82. The molecule has 1 fully saturated rings. The summed E-state index contributed by atoms with van der Waals surface area (Å²) in [5.41, 5.74) is 0.792. The number of ether oxygens (including phenoxy) is 1. The molecule has 1 amide bonds. The Bertz CT molecular complexity index is 407. The highest BCUT2D eigenvalue weighted by Gasteiger charge is 2.35. The van der Waals surface area contributed by atoms with E-state index < -0.39 is 0 Å². The first-order valence-corrected chi connectivity index (χ1v) is 4.96. The quantitative estimate of drug-likeness (QED) is 0.659. The molecule has 0 spiro atoms. The molecule has 1 saturated heterocycles. The maximum atomic E-state index is 11.7. The largest absolute Gasteiger partial charge is 0.377 e. The van der Waals surface area contributed by atoms with Crippen molar-refractivity contribution in [2.45, 2.75) is 6.04 Å². The third-order valence-corrected chi connectivity index (χ3v) is 2.75. The number of carbonyl (C=O) groups excluding carboxylic acids is 1. The van der Waals surface area contributed by atoms with Crippen molar-refractivity contribution in [2.24, 2.45) is 0 Å². The minimum atomic E-state index is -0.221. The van der Waals surface area contributed by atoms with E-state index in [9.17, 15) is 4.79 Å². The van der Waals surface area contributed by atoms with Gasteiger partial charge in [-0.3, -0.25) is 4.79 Å². The van der Waals surface area contributed by atoms with Crippen molar-refractivity contribution in [3.05, 3.63) is 18.3 Å². The molecular weight excluding hydrogens is 194 g/mol. The topological polar surface area (TPSA) is 54.5 Å². The minimum absolute atomic E-state index is 0.00444. The maximum absolute atomic E-state index is 11.7. The van der Waals surface area contributed by atoms with Crippen LogP contribution in [-0.2, 0) is 9.53 Å². The standard InChI is InChI=1S/C10H11N3O2/c14-10-8-6-15-5-4-13(8)9-7(12-10)2-1-3-11-9/h1-3,8H,4-6H2,(H,12,14). The Balaban J connectivity index is 2.06. The molecule has 15 heavy (non-hydrogen) atoms. The van der Waals surface area contributed by atoms with Gasteiger partial charge in [-0.15, -0.1) is 0 Å². The molecular formula is C10H11N3O2. The van der Waals surface area contributed by atoms with Gasteiger partial charge in [-0.2, -0.15) is 0 Å². The van der Waals surface area contributed by atoms with Gasteiger partial charge < -0.3 is 15.0 Å². The monoisotopic (exact) mass is 205 g/mol. The number of nitrogens with zero attached hydrogens (tertiary/aromatic N) is 2. The lowest BCUT2D eigenvalue weighted by Crippen LogP contribution is -2.55. The Morgan fingerprint density at radius 1 is 1.60 bits per heavy atom. The van der Waals surface area contributed by atoms with Crippen molar-refractivity contribution in [3.8, 4) is 0 Å². The highest BCUT2D eigenvalue weighted by atomic mass is 16.5. The molecule has 0 aromatic carbocycles. The number of pyridine rings is 1. The molecule has 0 saturated carbocycles. The first kappa shape index (κ1) is 8.67. The first-order chi connectivity index (χ1) is 7.36. The average molecular weight is 205 g/mol. The summed E-state index contributed by atoms with van der Waals surface area (Å²) in [5.74, 6) is 0.848. The van der Waals surface area contributed by atoms with Crippen molar-refractivity contribution in [1.29, 1.82) is 0 Å². The van der Waals surface area contributed by atoms with E-state index >= 15 is 0 Å². The zero-order chi connectivity index (χ0) is 10.3. The lowest BCUT2D eigenvalue weighted by molar-refractivity contribution is -0.120. The van der Waals surface area contributed by atoms with Gasteiger partial charge in [-0.05, 0) is 12.1 Å². The number of hydrogen-bond acceptors (Lipinski definition) is 4. The molecule has 0 aliphatic carbocycles. The van der Waals surface area contributed by atoms with Crippen molar-refractivity contribution < 1.29 is 9.53 Å². The van der Waals surface area contributed by atoms with Crippen LogP contribution < -0.4 is 10.2 Å². The number of aromatic nitrogens is 1. The van der Waals surface area contributed by atoms with Crippen LogP contribution in [0.25, 0.3) is 0 Å². The molecule has 2 aliphatic heterocycles. The van der Waals surface area contributed by atoms with E-state index in [1.165, 1.54) is 0 Å². The van der Waals surface area contributed by atoms with E-state index in [1.807, 2.05) is 17.0 Å². The van der Waals surface area contributed by atoms with Gasteiger partial charge in [0.2, 0.25) is 5.91 Å². The van der Waals surface area contributed by atoms with E-state index in [4.69, 9.17) is 4.74 Å². The normalized spacial score (nSPS) is 24.1. The van der Waals surface area contributed by atoms with Gasteiger partial charge in [-0.25, -0.2) is 4.98 Å². The summed E-state index contributed by atoms with van der Waals surface area (Å²) in [5, 5.41) is 2.84. The maximum Gasteiger partial charge on any atom is 0.249 e. The Morgan fingerprint density at radius 3 is 3.47 bits per heavy atom. The van der Waals surface area contributed by atoms with Gasteiger partial charge in [0.15, 0.2) is 5.82 Å². The number of carbonyl (C=O) groups is 1. The van der Waals surface area contributed by atoms with Crippen molar-refractivity contribution in [1.82, 2.24) is 4.98 Å². The smallest absolute Gasteiger partial charge is 0.249 e. The summed E-state index contributed by atoms with van der Waals surface area (Å²) in [7, 11) is 0. The van der Waals surface area contributed by atoms with E-state index in [2.05, 4.69) is 10.3 Å². The van der Waals surface area contributed by atoms with E-state index in [1.54, 1.807) is 6.20 Å². The van der Waals surface area contributed by atoms with Gasteiger partial charge in [0, 0.05) is 12.7 Å². The Kier molecular flexibility index (Phi) is 1.85. The van der Waals surface area contributed by atoms with Gasteiger partial charge in [0.1, 0.15) is 6.04 Å². The van der Waals surface area contributed by atoms with Crippen molar-refractivity contribution >= 4 is 17.4 Å². The number of anilines is 2. The second kappa shape index (κ2) is 3.20. The number of morpholine rings is 1. The molecule has 3 heterocycles. The fraction of sp³-hybridized carbons (Fsp3) is 0.400. The van der Waals surface area contributed by atoms with Crippen LogP contribution in [0.15, 0.2) is 18.3 Å². The molecule has 1 atom stereocenters. The molecule has 78 valence electrons. The van der Waals surface area contributed by atoms with E-state index in [0.717, 1.165) is 18.1 Å². The zero-order valence-electron chi connectivity index (χ0n) is 8.14. The molecule has 1 N–H and O–H groups in total. The molecule has 5 nitrogen and oxygen atoms in total. The second-order valence-corrected chi connectivity index (χ2v) is 3.65. The fourth-order valence-corrected chi connectivity index (χ4v) is 2.01. The highest BCUT2D eigenvalue weighted by Crippen LogP contribution is 2.30. The first-order valence-electron chi connectivity index (χ1n) is 4.96. The second-order valence-electron chi connectivity index (χ2n) is 3.65. The van der Waals surface area contributed by atoms with E-state index in [0.29, 0.717) is 13.2 Å². The third-order valence-electron chi connectivity index (χ3n) is 2.75. The molecule has 5 heteroatoms. The van der Waals surface area contributed by atoms with Crippen molar-refractivity contribution in [2.75, 3.05) is 30.0 Å². The van der Waals surface area contributed by atoms with Crippen LogP contribution in [0.3, 0.4) is 0 Å². The van der Waals surface area contributed by atoms with E-state index in [-0.39, 0.29) is 11.9 Å². The van der Waals surface area contributed by atoms with Crippen LogP contribution >= 0.6 is 0 Å². The summed E-state index contributed by atoms with van der Waals surface area (Å²) in [6.07, 6.45) is 1.74. The van der Waals surface area contributed by atoms with Crippen LogP contribution in [0, 0.1) is 0 Å². The molecule has 1 unspecified atom stereocenters. The molecule has 2 aliphatic rings. The molecule has 0 bridgehead atoms. The zero-order valence-corrected chi connectivity index (χ0v) is 8.14. The summed E-state index contributed by atoms with van der Waals surface area (Å²) in [4.78, 5) is 18.0. The lowest BCUT2D eigenvalue weighted by Gasteiger charge is -2.39. The number of amides is 1. The number of nitrogens with one attached hydrogen (secondary N) is 1. The Labute approximate surface area is 87.0 Å². The predicted octanol–water partition coefficient (Wildman–Crippen LogP) is 0.239. The summed E-state index contributed by atoms with van der Waals surface area (Å²) >= 11 is 0. The van der Waals surface area contributed by atoms with Gasteiger partial charge in [0.05, 0.1) is 18.9 Å². The third kappa shape index (κ3) is 1.27. The minimum Gasteiger partial charge on any atom is -0.377 e. The predicted molar refractivity (Wildman–Crippen MR) is 54.8 cm³/mol. The Hall–Kier alpha value is -1.62. The van der Waals surface area contributed by atoms with Crippen molar-refractivity contribution in [3.63, 3.8) is 0 Å². The molecule has 0 radical (unpaired) electrons. The lowest BCUT2D eigenvalue weighted by atomic mass is 10.1. The summed E-state index contributed by atoms with van der Waals surface area (Å²) in [6, 6.07) is 3.47. The van der Waals surface area contributed by atoms with Crippen LogP contribution in [0.2, 0.25) is 0 Å². The van der Waals surface area contributed by atoms with Gasteiger partial charge >= 0.3 is 0 Å². The van der Waals surface area contributed by atoms with Crippen LogP contribution in [0.1, 0.15) is 0 Å². The SMILES string of the molecule is O=C1Nc2cccnc2N2CCOCC12. The van der Waals surface area contributed by atoms with Crippen LogP contribution in [0.5, 0.6) is 0 Å². The number of fused-ring (bicyclic) bond motifs is 3. The molecule has 1 aromatic heterocycles. The van der Waals surface area contributed by atoms with Crippen LogP contribution in [-0.4, -0.2) is 36.7 Å². The fourth-order valence-electron chi connectivity index (χ4n) is 2.01. The summed E-state index contributed by atoms with van der Waals surface area (Å²) < 4.78 is 5.29. The van der Waals surface area contributed by atoms with Crippen LogP contribution in [0.4, 0.5) is 11.5 Å². The highest BCUT2D eigenvalue weighted by molar-refractivity contribution is 6.02. The number of rotatable bonds is 0. The molecule has 1 aromatic rings. The molecule has 3 rings (SSSR count). The number of hydrogen-bond donors (Lipinski definition) is 1. The van der Waals surface area contributed by atoms with Gasteiger partial charge in [0.25, 0.3) is 0 Å². The average Bonchev–Trinajstić information content (AvgIpc) is 2.30. The van der Waals surface area contributed by atoms with Gasteiger partial charge in [-0.1, -0.05) is 0 Å².